The first kappa shape index (κ1) is 16.0. The summed E-state index contributed by atoms with van der Waals surface area (Å²) in [6.07, 6.45) is 1.76. The quantitative estimate of drug-likeness (QED) is 0.206. The SMILES string of the molecule is CC#CN=C(C[N+](=O)[O-])NCCSCc1ccccn1. The van der Waals surface area contributed by atoms with Crippen molar-refractivity contribution in [1.29, 1.82) is 0 Å². The van der Waals surface area contributed by atoms with Crippen molar-refractivity contribution in [3.8, 4) is 12.0 Å². The molecule has 0 spiro atoms. The molecule has 0 bridgehead atoms. The second-order valence-corrected chi connectivity index (χ2v) is 4.82. The van der Waals surface area contributed by atoms with Gasteiger partial charge in [-0.05, 0) is 19.1 Å². The fourth-order valence-corrected chi connectivity index (χ4v) is 2.07. The Labute approximate surface area is 122 Å². The third-order valence-corrected chi connectivity index (χ3v) is 3.13. The summed E-state index contributed by atoms with van der Waals surface area (Å²) < 4.78 is 0. The van der Waals surface area contributed by atoms with E-state index in [-0.39, 0.29) is 6.54 Å². The van der Waals surface area contributed by atoms with Crippen LogP contribution in [0.3, 0.4) is 0 Å². The van der Waals surface area contributed by atoms with E-state index in [1.54, 1.807) is 24.9 Å². The van der Waals surface area contributed by atoms with Crippen LogP contribution in [-0.4, -0.2) is 34.6 Å². The van der Waals surface area contributed by atoms with Gasteiger partial charge in [-0.15, -0.1) is 0 Å². The van der Waals surface area contributed by atoms with Gasteiger partial charge in [0.2, 0.25) is 0 Å². The largest absolute Gasteiger partial charge is 0.367 e. The fraction of sp³-hybridized carbons (Fsp3) is 0.385. The molecule has 0 atom stereocenters. The van der Waals surface area contributed by atoms with Crippen LogP contribution in [0.5, 0.6) is 0 Å². The Kier molecular flexibility index (Phi) is 7.84. The van der Waals surface area contributed by atoms with Gasteiger partial charge in [-0.25, -0.2) is 0 Å². The minimum Gasteiger partial charge on any atom is -0.367 e. The highest BCUT2D eigenvalue weighted by atomic mass is 32.2. The van der Waals surface area contributed by atoms with Gasteiger partial charge in [-0.3, -0.25) is 15.1 Å². The molecule has 1 aromatic rings. The van der Waals surface area contributed by atoms with Crippen LogP contribution in [0.1, 0.15) is 12.6 Å². The number of pyridine rings is 1. The smallest absolute Gasteiger partial charge is 0.261 e. The molecular formula is C13H16N4O2S. The molecule has 0 aliphatic carbocycles. The molecule has 6 nitrogen and oxygen atoms in total. The highest BCUT2D eigenvalue weighted by molar-refractivity contribution is 7.98. The number of aliphatic imine (C=N–C) groups is 1. The van der Waals surface area contributed by atoms with Gasteiger partial charge in [0.15, 0.2) is 5.84 Å². The van der Waals surface area contributed by atoms with Crippen LogP contribution in [0, 0.1) is 22.1 Å². The summed E-state index contributed by atoms with van der Waals surface area (Å²) in [6.45, 7) is 1.91. The van der Waals surface area contributed by atoms with Crippen molar-refractivity contribution < 1.29 is 4.92 Å². The first-order valence-corrected chi connectivity index (χ1v) is 7.19. The summed E-state index contributed by atoms with van der Waals surface area (Å²) in [4.78, 5) is 18.1. The Hall–Kier alpha value is -2.07. The number of hydrogen-bond donors (Lipinski definition) is 1. The molecule has 20 heavy (non-hydrogen) atoms. The number of rotatable bonds is 7. The predicted molar refractivity (Wildman–Crippen MR) is 81.1 cm³/mol. The second-order valence-electron chi connectivity index (χ2n) is 3.71. The number of nitrogens with zero attached hydrogens (tertiary/aromatic N) is 3. The van der Waals surface area contributed by atoms with Crippen LogP contribution in [0.25, 0.3) is 0 Å². The van der Waals surface area contributed by atoms with Crippen molar-refractivity contribution in [2.75, 3.05) is 18.8 Å². The monoisotopic (exact) mass is 292 g/mol. The second kappa shape index (κ2) is 9.81. The molecule has 7 heteroatoms. The molecule has 0 unspecified atom stereocenters. The van der Waals surface area contributed by atoms with E-state index >= 15 is 0 Å². The average molecular weight is 292 g/mol. The van der Waals surface area contributed by atoms with E-state index in [1.165, 1.54) is 0 Å². The van der Waals surface area contributed by atoms with Gasteiger partial charge < -0.3 is 5.32 Å². The molecule has 106 valence electrons. The van der Waals surface area contributed by atoms with Gasteiger partial charge in [-0.1, -0.05) is 12.0 Å². The summed E-state index contributed by atoms with van der Waals surface area (Å²) >= 11 is 1.71. The van der Waals surface area contributed by atoms with Gasteiger partial charge in [0.1, 0.15) is 0 Å². The maximum absolute atomic E-state index is 10.5. The van der Waals surface area contributed by atoms with Crippen molar-refractivity contribution in [3.05, 3.63) is 40.2 Å². The molecule has 1 aromatic heterocycles. The van der Waals surface area contributed by atoms with Crippen LogP contribution in [0.15, 0.2) is 29.4 Å². The Bertz CT molecular complexity index is 508. The van der Waals surface area contributed by atoms with Crippen molar-refractivity contribution in [3.63, 3.8) is 0 Å². The standard InChI is InChI=1S/C13H16N4O2S/c1-2-6-15-13(10-17(18)19)16-8-9-20-11-12-5-3-4-7-14-12/h3-5,7H,8-11H2,1H3,(H,15,16). The predicted octanol–water partition coefficient (Wildman–Crippen LogP) is 1.56. The van der Waals surface area contributed by atoms with Crippen molar-refractivity contribution >= 4 is 17.6 Å². The molecule has 1 rings (SSSR count). The van der Waals surface area contributed by atoms with E-state index in [0.717, 1.165) is 17.2 Å². The van der Waals surface area contributed by atoms with Gasteiger partial charge in [0.25, 0.3) is 6.54 Å². The maximum atomic E-state index is 10.5. The van der Waals surface area contributed by atoms with Crippen LogP contribution in [0.2, 0.25) is 0 Å². The first-order valence-electron chi connectivity index (χ1n) is 6.04. The zero-order chi connectivity index (χ0) is 14.6. The highest BCUT2D eigenvalue weighted by Crippen LogP contribution is 2.08. The summed E-state index contributed by atoms with van der Waals surface area (Å²) in [5, 5.41) is 13.4. The molecule has 1 N–H and O–H groups in total. The van der Waals surface area contributed by atoms with Crippen molar-refractivity contribution in [1.82, 2.24) is 10.3 Å². The molecular weight excluding hydrogens is 276 g/mol. The summed E-state index contributed by atoms with van der Waals surface area (Å²) in [5.74, 6) is 4.51. The molecule has 0 aromatic carbocycles. The fourth-order valence-electron chi connectivity index (χ4n) is 1.30. The number of nitrogens with one attached hydrogen (secondary N) is 1. The number of thioether (sulfide) groups is 1. The number of hydrogen-bond acceptors (Lipinski definition) is 5. The lowest BCUT2D eigenvalue weighted by atomic mass is 10.4. The summed E-state index contributed by atoms with van der Waals surface area (Å²) in [7, 11) is 0. The zero-order valence-corrected chi connectivity index (χ0v) is 12.0. The molecule has 0 amide bonds. The average Bonchev–Trinajstić information content (AvgIpc) is 2.44. The molecule has 0 saturated carbocycles. The molecule has 0 radical (unpaired) electrons. The lowest BCUT2D eigenvalue weighted by molar-refractivity contribution is -0.463. The van der Waals surface area contributed by atoms with Gasteiger partial charge >= 0.3 is 0 Å². The minimum absolute atomic E-state index is 0.294. The van der Waals surface area contributed by atoms with Gasteiger partial charge in [0, 0.05) is 35.2 Å². The van der Waals surface area contributed by atoms with Crippen LogP contribution < -0.4 is 5.32 Å². The highest BCUT2D eigenvalue weighted by Gasteiger charge is 2.06. The first-order chi connectivity index (χ1) is 9.72. The van der Waals surface area contributed by atoms with E-state index in [2.05, 4.69) is 27.3 Å². The summed E-state index contributed by atoms with van der Waals surface area (Å²) in [5.41, 5.74) is 1.02. The van der Waals surface area contributed by atoms with Crippen LogP contribution in [0.4, 0.5) is 0 Å². The topological polar surface area (TPSA) is 80.4 Å². The Morgan fingerprint density at radius 2 is 2.45 bits per heavy atom. The molecule has 0 aliphatic heterocycles. The molecule has 0 saturated heterocycles. The third kappa shape index (κ3) is 7.38. The van der Waals surface area contributed by atoms with Gasteiger partial charge in [-0.2, -0.15) is 16.8 Å². The number of nitro groups is 1. The molecule has 1 heterocycles. The lowest BCUT2D eigenvalue weighted by Gasteiger charge is -2.05. The van der Waals surface area contributed by atoms with E-state index in [0.29, 0.717) is 12.4 Å². The Morgan fingerprint density at radius 3 is 3.10 bits per heavy atom. The van der Waals surface area contributed by atoms with E-state index < -0.39 is 4.92 Å². The Morgan fingerprint density at radius 1 is 1.60 bits per heavy atom. The lowest BCUT2D eigenvalue weighted by Crippen LogP contribution is -2.31. The van der Waals surface area contributed by atoms with Gasteiger partial charge in [0.05, 0.1) is 5.69 Å². The number of aromatic nitrogens is 1. The van der Waals surface area contributed by atoms with Crippen LogP contribution >= 0.6 is 11.8 Å². The third-order valence-electron chi connectivity index (χ3n) is 2.13. The van der Waals surface area contributed by atoms with Crippen molar-refractivity contribution in [2.24, 2.45) is 4.99 Å². The maximum Gasteiger partial charge on any atom is 0.261 e. The minimum atomic E-state index is -0.426. The van der Waals surface area contributed by atoms with E-state index in [1.807, 2.05) is 18.2 Å². The van der Waals surface area contributed by atoms with Crippen LogP contribution in [-0.2, 0) is 5.75 Å². The Balaban J connectivity index is 2.26. The van der Waals surface area contributed by atoms with E-state index in [9.17, 15) is 10.1 Å². The molecule has 0 aliphatic rings. The van der Waals surface area contributed by atoms with Crippen molar-refractivity contribution in [2.45, 2.75) is 12.7 Å². The van der Waals surface area contributed by atoms with E-state index in [4.69, 9.17) is 0 Å². The normalized spacial score (nSPS) is 10.6. The summed E-state index contributed by atoms with van der Waals surface area (Å²) in [6, 6.07) is 8.27. The zero-order valence-electron chi connectivity index (χ0n) is 11.2. The number of amidine groups is 1. The molecule has 0 fully saturated rings.